The Hall–Kier alpha value is -3.26. The first-order chi connectivity index (χ1) is 17.0. The normalized spacial score (nSPS) is 14.9. The Morgan fingerprint density at radius 1 is 1.03 bits per heavy atom. The van der Waals surface area contributed by atoms with Gasteiger partial charge in [0.2, 0.25) is 5.91 Å². The van der Waals surface area contributed by atoms with Crippen LogP contribution in [0.1, 0.15) is 41.9 Å². The summed E-state index contributed by atoms with van der Waals surface area (Å²) in [5, 5.41) is 10.8. The molecular weight excluding hydrogens is 458 g/mol. The van der Waals surface area contributed by atoms with Gasteiger partial charge in [-0.15, -0.1) is 21.5 Å². The van der Waals surface area contributed by atoms with Gasteiger partial charge in [-0.25, -0.2) is 0 Å². The molecule has 1 saturated heterocycles. The third kappa shape index (κ3) is 6.06. The van der Waals surface area contributed by atoms with Crippen LogP contribution in [-0.2, 0) is 4.79 Å². The molecule has 3 heterocycles. The van der Waals surface area contributed by atoms with Gasteiger partial charge in [-0.05, 0) is 50.3 Å². The zero-order chi connectivity index (χ0) is 24.8. The van der Waals surface area contributed by atoms with Gasteiger partial charge in [0.25, 0.3) is 5.91 Å². The molecule has 184 valence electrons. The molecule has 1 aliphatic rings. The highest BCUT2D eigenvalue weighted by molar-refractivity contribution is 7.12. The molecule has 4 rings (SSSR count). The Bertz CT molecular complexity index is 1120. The van der Waals surface area contributed by atoms with Crippen LogP contribution in [-0.4, -0.2) is 70.6 Å². The van der Waals surface area contributed by atoms with E-state index in [4.69, 9.17) is 0 Å². The summed E-state index contributed by atoms with van der Waals surface area (Å²) in [7, 11) is 0. The standard InChI is InChI=1S/C27H33N5O2S/c1-4-21(3)32(27(34)24-7-5-18-35-24)19-26(33)31-15-6-14-30(16-17-31)25-13-12-23(28-29-25)22-10-8-20(2)9-11-22/h5,7-13,18,21H,4,6,14-17,19H2,1-3H3/t21-/m0/s1. The van der Waals surface area contributed by atoms with Gasteiger partial charge in [-0.2, -0.15) is 0 Å². The van der Waals surface area contributed by atoms with Gasteiger partial charge in [-0.1, -0.05) is 42.8 Å². The Morgan fingerprint density at radius 2 is 1.83 bits per heavy atom. The first-order valence-electron chi connectivity index (χ1n) is 12.2. The first kappa shape index (κ1) is 24.9. The number of aryl methyl sites for hydroxylation is 1. The van der Waals surface area contributed by atoms with Crippen LogP contribution in [0.4, 0.5) is 5.82 Å². The fraction of sp³-hybridized carbons (Fsp3) is 0.407. The Kier molecular flexibility index (Phi) is 8.13. The minimum absolute atomic E-state index is 0.000607. The maximum atomic E-state index is 13.2. The van der Waals surface area contributed by atoms with Crippen LogP contribution in [0.2, 0.25) is 0 Å². The molecule has 2 amide bonds. The molecule has 1 aromatic carbocycles. The predicted molar refractivity (Wildman–Crippen MR) is 141 cm³/mol. The maximum absolute atomic E-state index is 13.2. The van der Waals surface area contributed by atoms with Gasteiger partial charge in [0.15, 0.2) is 5.82 Å². The fourth-order valence-corrected chi connectivity index (χ4v) is 4.88. The van der Waals surface area contributed by atoms with Crippen LogP contribution < -0.4 is 4.90 Å². The van der Waals surface area contributed by atoms with Crippen molar-refractivity contribution in [3.63, 3.8) is 0 Å². The van der Waals surface area contributed by atoms with Crippen molar-refractivity contribution in [3.8, 4) is 11.3 Å². The molecular formula is C27H33N5O2S. The van der Waals surface area contributed by atoms with Gasteiger partial charge in [0.1, 0.15) is 6.54 Å². The number of aromatic nitrogens is 2. The Balaban J connectivity index is 1.38. The van der Waals surface area contributed by atoms with Gasteiger partial charge < -0.3 is 14.7 Å². The van der Waals surface area contributed by atoms with Crippen LogP contribution >= 0.6 is 11.3 Å². The van der Waals surface area contributed by atoms with Crippen molar-refractivity contribution < 1.29 is 9.59 Å². The van der Waals surface area contributed by atoms with E-state index < -0.39 is 0 Å². The summed E-state index contributed by atoms with van der Waals surface area (Å²) in [4.78, 5) is 32.7. The molecule has 7 nitrogen and oxygen atoms in total. The van der Waals surface area contributed by atoms with E-state index in [-0.39, 0.29) is 24.4 Å². The minimum Gasteiger partial charge on any atom is -0.353 e. The van der Waals surface area contributed by atoms with E-state index in [0.29, 0.717) is 24.5 Å². The lowest BCUT2D eigenvalue weighted by atomic mass is 10.1. The van der Waals surface area contributed by atoms with E-state index in [2.05, 4.69) is 46.3 Å². The van der Waals surface area contributed by atoms with E-state index in [0.717, 1.165) is 36.5 Å². The highest BCUT2D eigenvalue weighted by Crippen LogP contribution is 2.21. The number of anilines is 1. The quantitative estimate of drug-likeness (QED) is 0.487. The van der Waals surface area contributed by atoms with Crippen LogP contribution in [0.3, 0.4) is 0 Å². The van der Waals surface area contributed by atoms with Crippen molar-refractivity contribution in [2.24, 2.45) is 0 Å². The van der Waals surface area contributed by atoms with Crippen molar-refractivity contribution in [2.45, 2.75) is 39.7 Å². The van der Waals surface area contributed by atoms with Crippen molar-refractivity contribution in [3.05, 3.63) is 64.4 Å². The number of rotatable bonds is 7. The van der Waals surface area contributed by atoms with Crippen LogP contribution in [0, 0.1) is 6.92 Å². The van der Waals surface area contributed by atoms with Crippen LogP contribution in [0.5, 0.6) is 0 Å². The first-order valence-corrected chi connectivity index (χ1v) is 13.1. The molecule has 8 heteroatoms. The number of hydrogen-bond donors (Lipinski definition) is 0. The van der Waals surface area contributed by atoms with E-state index in [1.165, 1.54) is 16.9 Å². The van der Waals surface area contributed by atoms with Gasteiger partial charge in [-0.3, -0.25) is 9.59 Å². The molecule has 0 radical (unpaired) electrons. The molecule has 0 spiro atoms. The highest BCUT2D eigenvalue weighted by atomic mass is 32.1. The molecule has 1 fully saturated rings. The second kappa shape index (κ2) is 11.4. The second-order valence-corrected chi connectivity index (χ2v) is 9.98. The summed E-state index contributed by atoms with van der Waals surface area (Å²) in [6, 6.07) is 15.9. The minimum atomic E-state index is -0.0666. The average molecular weight is 492 g/mol. The number of carbonyl (C=O) groups excluding carboxylic acids is 2. The topological polar surface area (TPSA) is 69.6 Å². The van der Waals surface area contributed by atoms with Gasteiger partial charge in [0.05, 0.1) is 10.6 Å². The molecule has 1 aliphatic heterocycles. The smallest absolute Gasteiger partial charge is 0.264 e. The average Bonchev–Trinajstić information content (AvgIpc) is 3.31. The molecule has 0 bridgehead atoms. The van der Waals surface area contributed by atoms with Crippen molar-refractivity contribution in [2.75, 3.05) is 37.6 Å². The SMILES string of the molecule is CC[C@H](C)N(CC(=O)N1CCCN(c2ccc(-c3ccc(C)cc3)nn2)CC1)C(=O)c1cccs1. The summed E-state index contributed by atoms with van der Waals surface area (Å²) >= 11 is 1.42. The molecule has 0 saturated carbocycles. The van der Waals surface area contributed by atoms with Gasteiger partial charge >= 0.3 is 0 Å². The monoisotopic (exact) mass is 491 g/mol. The lowest BCUT2D eigenvalue weighted by Crippen LogP contribution is -2.47. The molecule has 35 heavy (non-hydrogen) atoms. The number of hydrogen-bond acceptors (Lipinski definition) is 6. The third-order valence-corrected chi connectivity index (χ3v) is 7.45. The lowest BCUT2D eigenvalue weighted by molar-refractivity contribution is -0.132. The highest BCUT2D eigenvalue weighted by Gasteiger charge is 2.27. The van der Waals surface area contributed by atoms with E-state index in [1.54, 1.807) is 4.90 Å². The van der Waals surface area contributed by atoms with E-state index in [9.17, 15) is 9.59 Å². The number of thiophene rings is 1. The summed E-state index contributed by atoms with van der Waals surface area (Å²) in [5.74, 6) is 0.755. The van der Waals surface area contributed by atoms with Crippen molar-refractivity contribution in [1.82, 2.24) is 20.0 Å². The molecule has 1 atom stereocenters. The van der Waals surface area contributed by atoms with Crippen molar-refractivity contribution in [1.29, 1.82) is 0 Å². The van der Waals surface area contributed by atoms with E-state index in [1.807, 2.05) is 48.4 Å². The number of carbonyl (C=O) groups is 2. The molecule has 3 aromatic rings. The van der Waals surface area contributed by atoms with E-state index >= 15 is 0 Å². The number of benzene rings is 1. The molecule has 0 aliphatic carbocycles. The lowest BCUT2D eigenvalue weighted by Gasteiger charge is -2.30. The Labute approximate surface area is 211 Å². The number of nitrogens with zero attached hydrogens (tertiary/aromatic N) is 5. The van der Waals surface area contributed by atoms with Crippen molar-refractivity contribution >= 4 is 29.0 Å². The van der Waals surface area contributed by atoms with Crippen LogP contribution in [0.15, 0.2) is 53.9 Å². The summed E-state index contributed by atoms with van der Waals surface area (Å²) < 4.78 is 0. The van der Waals surface area contributed by atoms with Gasteiger partial charge in [0, 0.05) is 37.8 Å². The molecule has 0 N–H and O–H groups in total. The molecule has 0 unspecified atom stereocenters. The zero-order valence-electron chi connectivity index (χ0n) is 20.7. The fourth-order valence-electron chi connectivity index (χ4n) is 4.20. The second-order valence-electron chi connectivity index (χ2n) is 9.03. The summed E-state index contributed by atoms with van der Waals surface area (Å²) in [5.41, 5.74) is 3.11. The summed E-state index contributed by atoms with van der Waals surface area (Å²) in [6.07, 6.45) is 1.64. The summed E-state index contributed by atoms with van der Waals surface area (Å²) in [6.45, 7) is 8.98. The largest absolute Gasteiger partial charge is 0.353 e. The molecule has 2 aromatic heterocycles. The predicted octanol–water partition coefficient (Wildman–Crippen LogP) is 4.49. The number of amides is 2. The third-order valence-electron chi connectivity index (χ3n) is 6.59. The Morgan fingerprint density at radius 3 is 2.49 bits per heavy atom. The zero-order valence-corrected chi connectivity index (χ0v) is 21.5. The van der Waals surface area contributed by atoms with Crippen LogP contribution in [0.25, 0.3) is 11.3 Å². The maximum Gasteiger partial charge on any atom is 0.264 e.